The molecule has 0 radical (unpaired) electrons. The molecule has 4 N–H and O–H groups in total. The maximum Gasteiger partial charge on any atom is 0.123 e. The SMILES string of the molecule is Cc1cccc(C)c1C1CC2NC(NSC3CCCC(C3)CN(C3CC(C(C)(C)O)C3)[C@H](CC(C)(C)C)CO2)N1. The first-order valence-corrected chi connectivity index (χ1v) is 16.8. The highest BCUT2D eigenvalue weighted by atomic mass is 32.2. The lowest BCUT2D eigenvalue weighted by atomic mass is 9.69. The van der Waals surface area contributed by atoms with Crippen molar-refractivity contribution in [2.75, 3.05) is 13.2 Å². The Kier molecular flexibility index (Phi) is 9.63. The molecular formula is C33H56N4O2S. The van der Waals surface area contributed by atoms with Crippen molar-refractivity contribution in [1.82, 2.24) is 20.3 Å². The van der Waals surface area contributed by atoms with Gasteiger partial charge in [-0.25, -0.2) is 4.72 Å². The van der Waals surface area contributed by atoms with Gasteiger partial charge in [-0.05, 0) is 100 Å². The molecule has 40 heavy (non-hydrogen) atoms. The zero-order valence-electron chi connectivity index (χ0n) is 26.1. The van der Waals surface area contributed by atoms with E-state index in [9.17, 15) is 5.11 Å². The fraction of sp³-hybridized carbons (Fsp3) is 0.818. The van der Waals surface area contributed by atoms with E-state index in [2.05, 4.69) is 73.1 Å². The van der Waals surface area contributed by atoms with Crippen molar-refractivity contribution in [2.24, 2.45) is 17.3 Å². The Balaban J connectivity index is 1.41. The standard InChI is InChI=1S/C33H56N4O2S/c1-21-10-8-11-22(2)30(21)28-17-29-35-31(34-28)36-40-27-13-9-12-23(14-27)19-37(25-15-24(16-25)33(6,7)38)26(20-39-29)18-32(3,4)5/h8,10-11,23-29,31,34-36,38H,9,12-20H2,1-7H3/t23?,24?,25?,26-,27?,28?,29?,31?/m1/s1. The number of benzene rings is 1. The van der Waals surface area contributed by atoms with E-state index in [1.807, 2.05) is 25.8 Å². The second kappa shape index (κ2) is 12.5. The van der Waals surface area contributed by atoms with Gasteiger partial charge >= 0.3 is 0 Å². The average Bonchev–Trinajstić information content (AvgIpc) is 2.82. The summed E-state index contributed by atoms with van der Waals surface area (Å²) in [7, 11) is 0. The Labute approximate surface area is 248 Å². The van der Waals surface area contributed by atoms with Gasteiger partial charge in [-0.2, -0.15) is 0 Å². The molecule has 4 fully saturated rings. The average molecular weight is 573 g/mol. The summed E-state index contributed by atoms with van der Waals surface area (Å²) in [6.07, 6.45) is 9.42. The van der Waals surface area contributed by atoms with E-state index in [0.717, 1.165) is 44.8 Å². The minimum absolute atomic E-state index is 0.00484. The summed E-state index contributed by atoms with van der Waals surface area (Å²) >= 11 is 1.93. The predicted molar refractivity (Wildman–Crippen MR) is 167 cm³/mol. The first kappa shape index (κ1) is 30.8. The number of hydrogen-bond donors (Lipinski definition) is 4. The summed E-state index contributed by atoms with van der Waals surface area (Å²) in [5, 5.41) is 19.0. The van der Waals surface area contributed by atoms with E-state index in [1.165, 1.54) is 42.4 Å². The number of aryl methyl sites for hydroxylation is 2. The maximum absolute atomic E-state index is 10.7. The molecule has 4 aliphatic rings. The van der Waals surface area contributed by atoms with Gasteiger partial charge in [-0.3, -0.25) is 15.5 Å². The number of hydrogen-bond acceptors (Lipinski definition) is 7. The molecule has 2 saturated carbocycles. The molecule has 2 heterocycles. The lowest BCUT2D eigenvalue weighted by Gasteiger charge is -2.52. The van der Waals surface area contributed by atoms with Crippen LogP contribution in [0.4, 0.5) is 0 Å². The lowest BCUT2D eigenvalue weighted by molar-refractivity contribution is -0.0976. The molecule has 0 amide bonds. The molecule has 4 bridgehead atoms. The highest BCUT2D eigenvalue weighted by molar-refractivity contribution is 7.98. The molecule has 7 heteroatoms. The van der Waals surface area contributed by atoms with Crippen molar-refractivity contribution >= 4 is 11.9 Å². The van der Waals surface area contributed by atoms with Gasteiger partial charge in [0, 0.05) is 36.3 Å². The van der Waals surface area contributed by atoms with Gasteiger partial charge in [0.05, 0.1) is 12.2 Å². The molecule has 0 spiro atoms. The molecule has 2 aliphatic carbocycles. The zero-order valence-corrected chi connectivity index (χ0v) is 26.9. The largest absolute Gasteiger partial charge is 0.390 e. The van der Waals surface area contributed by atoms with Crippen molar-refractivity contribution in [3.63, 3.8) is 0 Å². The van der Waals surface area contributed by atoms with Crippen LogP contribution in [0, 0.1) is 31.1 Å². The van der Waals surface area contributed by atoms with Crippen LogP contribution in [0.25, 0.3) is 0 Å². The molecule has 5 rings (SSSR count). The third-order valence-electron chi connectivity index (χ3n) is 10.0. The molecule has 2 aliphatic heterocycles. The molecule has 226 valence electrons. The Morgan fingerprint density at radius 3 is 2.40 bits per heavy atom. The van der Waals surface area contributed by atoms with Crippen molar-refractivity contribution in [3.05, 3.63) is 34.9 Å². The van der Waals surface area contributed by atoms with Crippen LogP contribution in [-0.4, -0.2) is 58.6 Å². The fourth-order valence-electron chi connectivity index (χ4n) is 7.76. The van der Waals surface area contributed by atoms with Gasteiger partial charge in [-0.1, -0.05) is 57.3 Å². The number of nitrogens with zero attached hydrogens (tertiary/aromatic N) is 1. The van der Waals surface area contributed by atoms with Gasteiger partial charge < -0.3 is 9.84 Å². The summed E-state index contributed by atoms with van der Waals surface area (Å²) < 4.78 is 10.7. The number of ether oxygens (including phenoxy) is 1. The van der Waals surface area contributed by atoms with Gasteiger partial charge in [0.2, 0.25) is 0 Å². The van der Waals surface area contributed by atoms with Crippen LogP contribution in [0.2, 0.25) is 0 Å². The van der Waals surface area contributed by atoms with Crippen LogP contribution in [-0.2, 0) is 4.74 Å². The second-order valence-electron chi connectivity index (χ2n) is 15.2. The number of rotatable bonds is 4. The molecule has 6 nitrogen and oxygen atoms in total. The predicted octanol–water partition coefficient (Wildman–Crippen LogP) is 6.02. The van der Waals surface area contributed by atoms with Gasteiger partial charge in [-0.15, -0.1) is 0 Å². The normalized spacial score (nSPS) is 36.6. The Hall–Kier alpha value is -0.670. The second-order valence-corrected chi connectivity index (χ2v) is 16.3. The third kappa shape index (κ3) is 7.64. The highest BCUT2D eigenvalue weighted by Gasteiger charge is 2.45. The summed E-state index contributed by atoms with van der Waals surface area (Å²) in [6, 6.07) is 7.80. The summed E-state index contributed by atoms with van der Waals surface area (Å²) in [5.74, 6) is 1.11. The number of aliphatic hydroxyl groups is 1. The smallest absolute Gasteiger partial charge is 0.123 e. The summed E-state index contributed by atoms with van der Waals surface area (Å²) in [5.41, 5.74) is 3.74. The third-order valence-corrected chi connectivity index (χ3v) is 11.1. The molecule has 0 aromatic heterocycles. The van der Waals surface area contributed by atoms with Gasteiger partial charge in [0.25, 0.3) is 0 Å². The molecular weight excluding hydrogens is 516 g/mol. The van der Waals surface area contributed by atoms with Gasteiger partial charge in [0.15, 0.2) is 0 Å². The van der Waals surface area contributed by atoms with Crippen molar-refractivity contribution in [1.29, 1.82) is 0 Å². The van der Waals surface area contributed by atoms with E-state index in [1.54, 1.807) is 0 Å². The zero-order chi connectivity index (χ0) is 28.7. The topological polar surface area (TPSA) is 68.8 Å². The Morgan fingerprint density at radius 1 is 1.00 bits per heavy atom. The van der Waals surface area contributed by atoms with Gasteiger partial charge in [0.1, 0.15) is 12.5 Å². The maximum atomic E-state index is 10.7. The lowest BCUT2D eigenvalue weighted by Crippen LogP contribution is -2.61. The van der Waals surface area contributed by atoms with E-state index >= 15 is 0 Å². The fourth-order valence-corrected chi connectivity index (χ4v) is 8.88. The summed E-state index contributed by atoms with van der Waals surface area (Å²) in [6.45, 7) is 17.5. The van der Waals surface area contributed by atoms with Crippen LogP contribution >= 0.6 is 11.9 Å². The van der Waals surface area contributed by atoms with Crippen LogP contribution in [0.1, 0.15) is 109 Å². The highest BCUT2D eigenvalue weighted by Crippen LogP contribution is 2.43. The van der Waals surface area contributed by atoms with Crippen molar-refractivity contribution in [3.8, 4) is 0 Å². The van der Waals surface area contributed by atoms with Crippen LogP contribution in [0.15, 0.2) is 18.2 Å². The monoisotopic (exact) mass is 572 g/mol. The number of fused-ring (bicyclic) bond motifs is 4. The van der Waals surface area contributed by atoms with Crippen LogP contribution < -0.4 is 15.4 Å². The van der Waals surface area contributed by atoms with E-state index in [-0.39, 0.29) is 24.0 Å². The first-order chi connectivity index (χ1) is 18.9. The number of nitrogens with one attached hydrogen (secondary N) is 3. The minimum Gasteiger partial charge on any atom is -0.390 e. The quantitative estimate of drug-likeness (QED) is 0.329. The Bertz CT molecular complexity index is 965. The molecule has 1 aromatic carbocycles. The summed E-state index contributed by atoms with van der Waals surface area (Å²) in [4.78, 5) is 2.85. The molecule has 6 atom stereocenters. The molecule has 2 saturated heterocycles. The Morgan fingerprint density at radius 2 is 1.73 bits per heavy atom. The van der Waals surface area contributed by atoms with Crippen LogP contribution in [0.3, 0.4) is 0 Å². The van der Waals surface area contributed by atoms with Crippen molar-refractivity contribution < 1.29 is 9.84 Å². The van der Waals surface area contributed by atoms with E-state index in [0.29, 0.717) is 23.3 Å². The van der Waals surface area contributed by atoms with Crippen molar-refractivity contribution in [2.45, 2.75) is 141 Å². The first-order valence-electron chi connectivity index (χ1n) is 15.9. The van der Waals surface area contributed by atoms with E-state index in [4.69, 9.17) is 4.74 Å². The minimum atomic E-state index is -0.591. The molecule has 1 aromatic rings. The molecule has 5 unspecified atom stereocenters. The van der Waals surface area contributed by atoms with E-state index < -0.39 is 5.60 Å². The van der Waals surface area contributed by atoms with Crippen LogP contribution in [0.5, 0.6) is 0 Å².